The fourth-order valence-electron chi connectivity index (χ4n) is 2.83. The lowest BCUT2D eigenvalue weighted by Crippen LogP contribution is -2.22. The molecule has 1 amide bonds. The van der Waals surface area contributed by atoms with Gasteiger partial charge >= 0.3 is 0 Å². The van der Waals surface area contributed by atoms with Gasteiger partial charge in [0.2, 0.25) is 6.79 Å². The van der Waals surface area contributed by atoms with Crippen molar-refractivity contribution >= 4 is 5.91 Å². The van der Waals surface area contributed by atoms with Crippen LogP contribution < -0.4 is 19.5 Å². The molecule has 0 bridgehead atoms. The maximum absolute atomic E-state index is 12.5. The van der Waals surface area contributed by atoms with Crippen molar-refractivity contribution < 1.29 is 19.0 Å². The molecule has 1 aliphatic heterocycles. The minimum atomic E-state index is -0.180. The molecule has 0 atom stereocenters. The smallest absolute Gasteiger partial charge is 0.253 e. The number of fused-ring (bicyclic) bond motifs is 1. The number of hydrogen-bond acceptors (Lipinski definition) is 5. The van der Waals surface area contributed by atoms with Crippen molar-refractivity contribution in [1.29, 1.82) is 0 Å². The number of nitrogens with one attached hydrogen (secondary N) is 1. The molecular formula is C22H22N2O4. The Morgan fingerprint density at radius 1 is 1.04 bits per heavy atom. The van der Waals surface area contributed by atoms with Crippen molar-refractivity contribution in [3.8, 4) is 28.4 Å². The molecule has 0 spiro atoms. The van der Waals surface area contributed by atoms with Crippen molar-refractivity contribution in [2.24, 2.45) is 0 Å². The molecule has 1 aromatic heterocycles. The zero-order chi connectivity index (χ0) is 18.6. The quantitative estimate of drug-likeness (QED) is 0.725. The highest BCUT2D eigenvalue weighted by molar-refractivity contribution is 5.95. The lowest BCUT2D eigenvalue weighted by molar-refractivity contribution is 0.0950. The van der Waals surface area contributed by atoms with Gasteiger partial charge in [0.15, 0.2) is 11.5 Å². The highest BCUT2D eigenvalue weighted by atomic mass is 16.7. The number of pyridine rings is 1. The summed E-state index contributed by atoms with van der Waals surface area (Å²) in [6, 6.07) is 15.0. The van der Waals surface area contributed by atoms with E-state index >= 15 is 0 Å². The molecule has 0 fully saturated rings. The van der Waals surface area contributed by atoms with E-state index in [1.54, 1.807) is 19.5 Å². The van der Waals surface area contributed by atoms with Gasteiger partial charge in [-0.15, -0.1) is 0 Å². The average molecular weight is 378 g/mol. The van der Waals surface area contributed by atoms with Crippen LogP contribution in [0.2, 0.25) is 0 Å². The number of amides is 1. The number of methoxy groups -OCH3 is 1. The van der Waals surface area contributed by atoms with Crippen LogP contribution in [0.25, 0.3) is 11.1 Å². The van der Waals surface area contributed by atoms with Crippen LogP contribution in [0, 0.1) is 0 Å². The van der Waals surface area contributed by atoms with E-state index in [1.807, 2.05) is 48.5 Å². The molecule has 0 saturated carbocycles. The first-order valence-electron chi connectivity index (χ1n) is 8.49. The zero-order valence-corrected chi connectivity index (χ0v) is 14.8. The topological polar surface area (TPSA) is 69.7 Å². The molecule has 0 unspecified atom stereocenters. The number of nitrogens with zero attached hydrogens (tertiary/aromatic N) is 1. The van der Waals surface area contributed by atoms with Gasteiger partial charge in [-0.3, -0.25) is 9.78 Å². The third kappa shape index (κ3) is 4.06. The van der Waals surface area contributed by atoms with Crippen LogP contribution in [0.4, 0.5) is 0 Å². The molecule has 28 heavy (non-hydrogen) atoms. The SMILES string of the molecule is C.COc1ccc(CNC(=O)c2cncc(-c3ccc4c(c3)OCO4)c2)cc1. The molecule has 0 radical (unpaired) electrons. The molecule has 144 valence electrons. The van der Waals surface area contributed by atoms with Crippen molar-refractivity contribution in [3.05, 3.63) is 72.1 Å². The Morgan fingerprint density at radius 2 is 1.82 bits per heavy atom. The number of carbonyl (C=O) groups excluding carboxylic acids is 1. The van der Waals surface area contributed by atoms with Crippen LogP contribution in [0.3, 0.4) is 0 Å². The zero-order valence-electron chi connectivity index (χ0n) is 14.8. The number of benzene rings is 2. The first-order chi connectivity index (χ1) is 13.2. The molecule has 4 rings (SSSR count). The molecule has 1 aliphatic rings. The summed E-state index contributed by atoms with van der Waals surface area (Å²) in [5, 5.41) is 2.91. The highest BCUT2D eigenvalue weighted by Crippen LogP contribution is 2.35. The van der Waals surface area contributed by atoms with E-state index in [1.165, 1.54) is 0 Å². The maximum Gasteiger partial charge on any atom is 0.253 e. The van der Waals surface area contributed by atoms with Gasteiger partial charge in [-0.25, -0.2) is 0 Å². The maximum atomic E-state index is 12.5. The molecule has 3 aromatic rings. The monoisotopic (exact) mass is 378 g/mol. The van der Waals surface area contributed by atoms with Crippen LogP contribution >= 0.6 is 0 Å². The van der Waals surface area contributed by atoms with Crippen LogP contribution in [-0.2, 0) is 6.54 Å². The highest BCUT2D eigenvalue weighted by Gasteiger charge is 2.15. The largest absolute Gasteiger partial charge is 0.497 e. The minimum Gasteiger partial charge on any atom is -0.497 e. The predicted octanol–water partition coefficient (Wildman–Crippen LogP) is 4.05. The van der Waals surface area contributed by atoms with Gasteiger partial charge in [0.1, 0.15) is 5.75 Å². The Balaban J connectivity index is 0.00000225. The summed E-state index contributed by atoms with van der Waals surface area (Å²) < 4.78 is 15.9. The van der Waals surface area contributed by atoms with E-state index < -0.39 is 0 Å². The van der Waals surface area contributed by atoms with Gasteiger partial charge in [-0.1, -0.05) is 25.6 Å². The van der Waals surface area contributed by atoms with E-state index in [9.17, 15) is 4.79 Å². The average Bonchev–Trinajstić information content (AvgIpc) is 3.20. The van der Waals surface area contributed by atoms with Gasteiger partial charge < -0.3 is 19.5 Å². The van der Waals surface area contributed by atoms with E-state index in [4.69, 9.17) is 14.2 Å². The Kier molecular flexibility index (Phi) is 5.79. The number of ether oxygens (including phenoxy) is 3. The summed E-state index contributed by atoms with van der Waals surface area (Å²) in [5.74, 6) is 2.02. The summed E-state index contributed by atoms with van der Waals surface area (Å²) in [6.45, 7) is 0.655. The Labute approximate surface area is 164 Å². The van der Waals surface area contributed by atoms with Gasteiger partial charge in [0.25, 0.3) is 5.91 Å². The van der Waals surface area contributed by atoms with Crippen molar-refractivity contribution in [1.82, 2.24) is 10.3 Å². The van der Waals surface area contributed by atoms with Crippen molar-refractivity contribution in [2.75, 3.05) is 13.9 Å². The number of carbonyl (C=O) groups is 1. The summed E-state index contributed by atoms with van der Waals surface area (Å²) in [7, 11) is 1.62. The second-order valence-corrected chi connectivity index (χ2v) is 6.06. The number of hydrogen-bond donors (Lipinski definition) is 1. The Morgan fingerprint density at radius 3 is 2.61 bits per heavy atom. The first kappa shape index (κ1) is 19.2. The molecule has 6 heteroatoms. The molecule has 0 saturated heterocycles. The fraction of sp³-hybridized carbons (Fsp3) is 0.182. The Hall–Kier alpha value is -3.54. The molecule has 2 aromatic carbocycles. The Bertz CT molecular complexity index is 971. The normalized spacial score (nSPS) is 11.5. The third-order valence-corrected chi connectivity index (χ3v) is 4.32. The summed E-state index contributed by atoms with van der Waals surface area (Å²) in [5.41, 5.74) is 3.24. The second kappa shape index (κ2) is 8.43. The van der Waals surface area contributed by atoms with Crippen LogP contribution in [0.5, 0.6) is 17.2 Å². The summed E-state index contributed by atoms with van der Waals surface area (Å²) in [6.07, 6.45) is 3.28. The summed E-state index contributed by atoms with van der Waals surface area (Å²) in [4.78, 5) is 16.7. The molecule has 1 N–H and O–H groups in total. The molecular weight excluding hydrogens is 356 g/mol. The predicted molar refractivity (Wildman–Crippen MR) is 107 cm³/mol. The summed E-state index contributed by atoms with van der Waals surface area (Å²) >= 11 is 0. The van der Waals surface area contributed by atoms with Gasteiger partial charge in [-0.05, 0) is 41.5 Å². The van der Waals surface area contributed by atoms with Crippen LogP contribution in [0.1, 0.15) is 23.3 Å². The van der Waals surface area contributed by atoms with Crippen LogP contribution in [0.15, 0.2) is 60.9 Å². The molecule has 0 aliphatic carbocycles. The second-order valence-electron chi connectivity index (χ2n) is 6.06. The lowest BCUT2D eigenvalue weighted by Gasteiger charge is -2.08. The standard InChI is InChI=1S/C21H18N2O4.CH4/c1-25-18-5-2-14(3-6-18)10-23-21(24)17-8-16(11-22-12-17)15-4-7-19-20(9-15)27-13-26-19;/h2-9,11-12H,10,13H2,1H3,(H,23,24);1H4. The van der Waals surface area contributed by atoms with Crippen LogP contribution in [-0.4, -0.2) is 24.8 Å². The first-order valence-corrected chi connectivity index (χ1v) is 8.49. The number of aromatic nitrogens is 1. The van der Waals surface area contributed by atoms with E-state index in [0.29, 0.717) is 17.9 Å². The fourth-order valence-corrected chi connectivity index (χ4v) is 2.83. The van der Waals surface area contributed by atoms with E-state index in [2.05, 4.69) is 10.3 Å². The molecule has 2 heterocycles. The molecule has 6 nitrogen and oxygen atoms in total. The number of rotatable bonds is 5. The van der Waals surface area contributed by atoms with Crippen molar-refractivity contribution in [2.45, 2.75) is 14.0 Å². The van der Waals surface area contributed by atoms with Gasteiger partial charge in [0.05, 0.1) is 12.7 Å². The van der Waals surface area contributed by atoms with Gasteiger partial charge in [0, 0.05) is 24.5 Å². The third-order valence-electron chi connectivity index (χ3n) is 4.32. The van der Waals surface area contributed by atoms with E-state index in [0.717, 1.165) is 28.2 Å². The lowest BCUT2D eigenvalue weighted by atomic mass is 10.1. The minimum absolute atomic E-state index is 0. The van der Waals surface area contributed by atoms with Gasteiger partial charge in [-0.2, -0.15) is 0 Å². The van der Waals surface area contributed by atoms with Crippen molar-refractivity contribution in [3.63, 3.8) is 0 Å². The van der Waals surface area contributed by atoms with E-state index in [-0.39, 0.29) is 20.1 Å².